The summed E-state index contributed by atoms with van der Waals surface area (Å²) in [6, 6.07) is 14.6. The Hall–Kier alpha value is -2.20. The van der Waals surface area contributed by atoms with Crippen molar-refractivity contribution >= 4 is 11.4 Å². The van der Waals surface area contributed by atoms with Gasteiger partial charge in [0.05, 0.1) is 0 Å². The fourth-order valence-corrected chi connectivity index (χ4v) is 2.08. The number of benzene rings is 2. The molecule has 8 heteroatoms. The summed E-state index contributed by atoms with van der Waals surface area (Å²) in [5.74, 6) is 0. The smallest absolute Gasteiger partial charge is 0.321 e. The normalized spacial score (nSPS) is 20.3. The Morgan fingerprint density at radius 3 is 1.45 bits per heavy atom. The van der Waals surface area contributed by atoms with Crippen LogP contribution in [0.2, 0.25) is 0 Å². The van der Waals surface area contributed by atoms with Crippen LogP contribution in [0.15, 0.2) is 48.5 Å². The molecule has 2 aromatic rings. The van der Waals surface area contributed by atoms with Crippen LogP contribution in [0.1, 0.15) is 0 Å². The van der Waals surface area contributed by atoms with Crippen molar-refractivity contribution in [2.45, 2.75) is 12.2 Å². The molecule has 2 aromatic carbocycles. The Bertz CT molecular complexity index is 652. The molecule has 114 valence electrons. The van der Waals surface area contributed by atoms with E-state index in [9.17, 15) is 10.2 Å². The molecule has 0 amide bonds. The van der Waals surface area contributed by atoms with Crippen LogP contribution >= 0.6 is 0 Å². The van der Waals surface area contributed by atoms with E-state index in [2.05, 4.69) is 30.2 Å². The molecule has 0 aliphatic carbocycles. The highest BCUT2D eigenvalue weighted by atomic mass is 17.5. The van der Waals surface area contributed by atoms with Crippen molar-refractivity contribution in [3.8, 4) is 11.1 Å². The Labute approximate surface area is 124 Å². The van der Waals surface area contributed by atoms with Crippen molar-refractivity contribution in [3.05, 3.63) is 48.5 Å². The lowest BCUT2D eigenvalue weighted by molar-refractivity contribution is 0.0599. The van der Waals surface area contributed by atoms with Crippen LogP contribution < -0.4 is 10.6 Å². The number of hydrogen-bond donors (Lipinski definition) is 4. The Morgan fingerprint density at radius 1 is 0.682 bits per heavy atom. The molecule has 2 heterocycles. The fourth-order valence-electron chi connectivity index (χ4n) is 2.08. The lowest BCUT2D eigenvalue weighted by Crippen LogP contribution is -2.21. The number of rotatable bonds is 5. The van der Waals surface area contributed by atoms with Crippen molar-refractivity contribution in [1.82, 2.24) is 0 Å². The molecule has 0 unspecified atom stereocenters. The third-order valence-corrected chi connectivity index (χ3v) is 3.15. The molecule has 0 spiro atoms. The van der Waals surface area contributed by atoms with Gasteiger partial charge in [-0.3, -0.25) is 0 Å². The number of anilines is 2. The summed E-state index contributed by atoms with van der Waals surface area (Å²) in [5, 5.41) is 24.4. The molecule has 0 bridgehead atoms. The molecule has 2 aliphatic heterocycles. The molecule has 8 nitrogen and oxygen atoms in total. The number of nitrogens with one attached hydrogen (secondary N) is 2. The largest absolute Gasteiger partial charge is 0.426 e. The number of hydrogen-bond acceptors (Lipinski definition) is 8. The number of aliphatic hydroxyl groups is 2. The molecule has 4 N–H and O–H groups in total. The second kappa shape index (κ2) is 4.65. The molecule has 0 aromatic heterocycles. The van der Waals surface area contributed by atoms with E-state index in [1.165, 1.54) is 0 Å². The van der Waals surface area contributed by atoms with Gasteiger partial charge in [-0.1, -0.05) is 24.3 Å². The highest BCUT2D eigenvalue weighted by Crippen LogP contribution is 2.32. The van der Waals surface area contributed by atoms with E-state index < -0.39 is 12.2 Å². The first-order chi connectivity index (χ1) is 10.5. The minimum Gasteiger partial charge on any atom is -0.321 e. The lowest BCUT2D eigenvalue weighted by atomic mass is 10.0. The average molecular weight is 304 g/mol. The molecule has 2 fully saturated rings. The van der Waals surface area contributed by atoms with Crippen LogP contribution in [0.25, 0.3) is 11.1 Å². The van der Waals surface area contributed by atoms with E-state index in [-0.39, 0.29) is 0 Å². The Morgan fingerprint density at radius 2 is 1.09 bits per heavy atom. The maximum atomic E-state index is 9.50. The maximum absolute atomic E-state index is 9.50. The summed E-state index contributed by atoms with van der Waals surface area (Å²) in [6.45, 7) is 0. The lowest BCUT2D eigenvalue weighted by Gasteiger charge is -2.10. The highest BCUT2D eigenvalue weighted by molar-refractivity contribution is 5.71. The van der Waals surface area contributed by atoms with Crippen LogP contribution in [0, 0.1) is 0 Å². The third kappa shape index (κ3) is 2.88. The molecule has 4 rings (SSSR count). The Kier molecular flexibility index (Phi) is 2.84. The summed E-state index contributed by atoms with van der Waals surface area (Å²) in [5.41, 5.74) is 3.04. The van der Waals surface area contributed by atoms with E-state index in [4.69, 9.17) is 0 Å². The predicted molar refractivity (Wildman–Crippen MR) is 73.4 cm³/mol. The van der Waals surface area contributed by atoms with Crippen LogP contribution in [0.3, 0.4) is 0 Å². The standard InChI is InChI=1S/C14H12N2O6/c17-13(19-20-13)15-11-5-1-3-9(7-11)10-4-2-6-12(8-10)16-14(18)21-22-14/h1-8,15-18H. The van der Waals surface area contributed by atoms with Gasteiger partial charge in [-0.05, 0) is 35.4 Å². The topological polar surface area (TPSA) is 115 Å². The van der Waals surface area contributed by atoms with Crippen molar-refractivity contribution in [2.24, 2.45) is 0 Å². The molecule has 22 heavy (non-hydrogen) atoms. The zero-order valence-corrected chi connectivity index (χ0v) is 11.1. The van der Waals surface area contributed by atoms with E-state index >= 15 is 0 Å². The first kappa shape index (κ1) is 13.5. The molecule has 2 aliphatic rings. The Balaban J connectivity index is 1.58. The third-order valence-electron chi connectivity index (χ3n) is 3.15. The first-order valence-corrected chi connectivity index (χ1v) is 6.49. The van der Waals surface area contributed by atoms with Crippen molar-refractivity contribution in [1.29, 1.82) is 0 Å². The SMILES string of the molecule is OC1(Nc2cccc(-c3cccc(NC4(O)OO4)c3)c2)OO1. The van der Waals surface area contributed by atoms with Crippen molar-refractivity contribution in [3.63, 3.8) is 0 Å². The van der Waals surface area contributed by atoms with E-state index in [1.54, 1.807) is 12.1 Å². The maximum Gasteiger partial charge on any atom is 0.426 e. The minimum absolute atomic E-state index is 0.628. The quantitative estimate of drug-likeness (QED) is 0.371. The van der Waals surface area contributed by atoms with E-state index in [1.807, 2.05) is 36.4 Å². The van der Waals surface area contributed by atoms with Gasteiger partial charge in [-0.25, -0.2) is 0 Å². The summed E-state index contributed by atoms with van der Waals surface area (Å²) >= 11 is 0. The van der Waals surface area contributed by atoms with Gasteiger partial charge < -0.3 is 20.8 Å². The van der Waals surface area contributed by atoms with Gasteiger partial charge in [-0.2, -0.15) is 0 Å². The van der Waals surface area contributed by atoms with Crippen LogP contribution in [0.5, 0.6) is 0 Å². The summed E-state index contributed by atoms with van der Waals surface area (Å²) in [7, 11) is 0. The molecular formula is C14H12N2O6. The van der Waals surface area contributed by atoms with E-state index in [0.717, 1.165) is 11.1 Å². The molecular weight excluding hydrogens is 292 g/mol. The van der Waals surface area contributed by atoms with E-state index in [0.29, 0.717) is 11.4 Å². The monoisotopic (exact) mass is 304 g/mol. The predicted octanol–water partition coefficient (Wildman–Crippen LogP) is 1.31. The van der Waals surface area contributed by atoms with Gasteiger partial charge in [0, 0.05) is 11.4 Å². The summed E-state index contributed by atoms with van der Waals surface area (Å²) in [4.78, 5) is 17.6. The zero-order chi connectivity index (χ0) is 15.2. The highest BCUT2D eigenvalue weighted by Gasteiger charge is 2.48. The molecule has 0 saturated carbocycles. The van der Waals surface area contributed by atoms with Gasteiger partial charge in [0.1, 0.15) is 0 Å². The second-order valence-corrected chi connectivity index (χ2v) is 4.91. The van der Waals surface area contributed by atoms with Crippen LogP contribution in [0.4, 0.5) is 11.4 Å². The summed E-state index contributed by atoms with van der Waals surface area (Å²) < 4.78 is 0. The molecule has 2 saturated heterocycles. The second-order valence-electron chi connectivity index (χ2n) is 4.91. The van der Waals surface area contributed by atoms with Gasteiger partial charge in [0.15, 0.2) is 0 Å². The van der Waals surface area contributed by atoms with Gasteiger partial charge >= 0.3 is 12.2 Å². The van der Waals surface area contributed by atoms with Crippen molar-refractivity contribution < 1.29 is 29.8 Å². The zero-order valence-electron chi connectivity index (χ0n) is 11.1. The minimum atomic E-state index is -1.74. The van der Waals surface area contributed by atoms with Crippen LogP contribution in [-0.4, -0.2) is 22.4 Å². The van der Waals surface area contributed by atoms with Gasteiger partial charge in [-0.15, -0.1) is 19.6 Å². The molecule has 0 radical (unpaired) electrons. The average Bonchev–Trinajstić information content (AvgIpc) is 3.40. The van der Waals surface area contributed by atoms with Crippen molar-refractivity contribution in [2.75, 3.05) is 10.6 Å². The van der Waals surface area contributed by atoms with Crippen LogP contribution in [-0.2, 0) is 19.6 Å². The molecule has 0 atom stereocenters. The first-order valence-electron chi connectivity index (χ1n) is 6.49. The fraction of sp³-hybridized carbons (Fsp3) is 0.143. The van der Waals surface area contributed by atoms with Gasteiger partial charge in [0.25, 0.3) is 0 Å². The van der Waals surface area contributed by atoms with Gasteiger partial charge in [0.2, 0.25) is 0 Å². The summed E-state index contributed by atoms with van der Waals surface area (Å²) in [6.07, 6.45) is -3.49.